The number of hydrogen-bond acceptors (Lipinski definition) is 3. The Labute approximate surface area is 115 Å². The Morgan fingerprint density at radius 2 is 2.11 bits per heavy atom. The minimum absolute atomic E-state index is 0. The van der Waals surface area contributed by atoms with E-state index in [0.29, 0.717) is 6.54 Å². The monoisotopic (exact) mass is 272 g/mol. The Morgan fingerprint density at radius 1 is 1.39 bits per heavy atom. The topological polar surface area (TPSA) is 50.4 Å². The van der Waals surface area contributed by atoms with Gasteiger partial charge in [-0.25, -0.2) is 0 Å². The van der Waals surface area contributed by atoms with Crippen molar-refractivity contribution in [3.8, 4) is 5.75 Å². The standard InChI is InChI=1S/C13H20N2O2.ClH/c1-10-5-4-6-12(9-10)17-11(2)13(16)15-8-7-14-3;/h4-6,9,11,14H,7-8H2,1-3H3,(H,15,16);1H. The quantitative estimate of drug-likeness (QED) is 0.772. The maximum Gasteiger partial charge on any atom is 0.260 e. The summed E-state index contributed by atoms with van der Waals surface area (Å²) < 4.78 is 5.56. The molecule has 0 saturated heterocycles. The minimum Gasteiger partial charge on any atom is -0.481 e. The molecule has 5 heteroatoms. The molecule has 1 rings (SSSR count). The molecule has 1 atom stereocenters. The van der Waals surface area contributed by atoms with Crippen molar-refractivity contribution in [3.63, 3.8) is 0 Å². The molecule has 1 aromatic carbocycles. The van der Waals surface area contributed by atoms with Gasteiger partial charge < -0.3 is 15.4 Å². The SMILES string of the molecule is CNCCNC(=O)C(C)Oc1cccc(C)c1.Cl. The van der Waals surface area contributed by atoms with Gasteiger partial charge in [0.25, 0.3) is 5.91 Å². The molecule has 1 unspecified atom stereocenters. The fourth-order valence-corrected chi connectivity index (χ4v) is 1.40. The van der Waals surface area contributed by atoms with Crippen molar-refractivity contribution in [1.82, 2.24) is 10.6 Å². The van der Waals surface area contributed by atoms with E-state index >= 15 is 0 Å². The average molecular weight is 273 g/mol. The summed E-state index contributed by atoms with van der Waals surface area (Å²) in [5, 5.41) is 5.76. The Morgan fingerprint density at radius 3 is 2.72 bits per heavy atom. The molecule has 2 N–H and O–H groups in total. The van der Waals surface area contributed by atoms with Gasteiger partial charge in [0, 0.05) is 13.1 Å². The van der Waals surface area contributed by atoms with E-state index in [1.54, 1.807) is 6.92 Å². The summed E-state index contributed by atoms with van der Waals surface area (Å²) >= 11 is 0. The van der Waals surface area contributed by atoms with Gasteiger partial charge in [-0.15, -0.1) is 12.4 Å². The maximum atomic E-state index is 11.6. The lowest BCUT2D eigenvalue weighted by Gasteiger charge is -2.14. The molecular weight excluding hydrogens is 252 g/mol. The van der Waals surface area contributed by atoms with E-state index in [1.165, 1.54) is 0 Å². The van der Waals surface area contributed by atoms with E-state index in [9.17, 15) is 4.79 Å². The Bertz CT molecular complexity index is 372. The summed E-state index contributed by atoms with van der Waals surface area (Å²) in [5.74, 6) is 0.628. The van der Waals surface area contributed by atoms with E-state index in [0.717, 1.165) is 17.9 Å². The van der Waals surface area contributed by atoms with Crippen LogP contribution in [0, 0.1) is 6.92 Å². The molecule has 1 aromatic rings. The molecule has 0 aliphatic carbocycles. The van der Waals surface area contributed by atoms with Crippen molar-refractivity contribution in [2.24, 2.45) is 0 Å². The lowest BCUT2D eigenvalue weighted by Crippen LogP contribution is -2.39. The first-order valence-corrected chi connectivity index (χ1v) is 5.79. The molecule has 0 spiro atoms. The van der Waals surface area contributed by atoms with Gasteiger partial charge in [0.1, 0.15) is 5.75 Å². The summed E-state index contributed by atoms with van der Waals surface area (Å²) in [5.41, 5.74) is 1.12. The van der Waals surface area contributed by atoms with Gasteiger partial charge in [-0.05, 0) is 38.6 Å². The highest BCUT2D eigenvalue weighted by Crippen LogP contribution is 2.13. The predicted octanol–water partition coefficient (Wildman–Crippen LogP) is 1.52. The number of rotatable bonds is 6. The first-order chi connectivity index (χ1) is 8.13. The number of likely N-dealkylation sites (N-methyl/N-ethyl adjacent to an activating group) is 1. The maximum absolute atomic E-state index is 11.6. The van der Waals surface area contributed by atoms with E-state index in [-0.39, 0.29) is 18.3 Å². The summed E-state index contributed by atoms with van der Waals surface area (Å²) in [6.07, 6.45) is -0.478. The van der Waals surface area contributed by atoms with E-state index in [4.69, 9.17) is 4.74 Å². The van der Waals surface area contributed by atoms with E-state index in [2.05, 4.69) is 10.6 Å². The zero-order valence-corrected chi connectivity index (χ0v) is 11.8. The number of carbonyl (C=O) groups excluding carboxylic acids is 1. The van der Waals surface area contributed by atoms with Crippen LogP contribution in [-0.2, 0) is 4.79 Å². The number of carbonyl (C=O) groups is 1. The van der Waals surface area contributed by atoms with Gasteiger partial charge in [-0.2, -0.15) is 0 Å². The van der Waals surface area contributed by atoms with E-state index < -0.39 is 6.10 Å². The van der Waals surface area contributed by atoms with Crippen LogP contribution in [0.3, 0.4) is 0 Å². The van der Waals surface area contributed by atoms with Crippen molar-refractivity contribution in [3.05, 3.63) is 29.8 Å². The highest BCUT2D eigenvalue weighted by molar-refractivity contribution is 5.85. The van der Waals surface area contributed by atoms with Crippen LogP contribution in [0.15, 0.2) is 24.3 Å². The molecule has 102 valence electrons. The third-order valence-corrected chi connectivity index (χ3v) is 2.35. The van der Waals surface area contributed by atoms with Crippen LogP contribution >= 0.6 is 12.4 Å². The Hall–Kier alpha value is -1.26. The molecule has 0 saturated carbocycles. The fourth-order valence-electron chi connectivity index (χ4n) is 1.40. The second-order valence-corrected chi connectivity index (χ2v) is 3.97. The summed E-state index contributed by atoms with van der Waals surface area (Å²) in [4.78, 5) is 11.6. The van der Waals surface area contributed by atoms with Gasteiger partial charge in [0.05, 0.1) is 0 Å². The molecule has 0 heterocycles. The highest BCUT2D eigenvalue weighted by atomic mass is 35.5. The number of hydrogen-bond donors (Lipinski definition) is 2. The molecule has 4 nitrogen and oxygen atoms in total. The lowest BCUT2D eigenvalue weighted by atomic mass is 10.2. The van der Waals surface area contributed by atoms with Crippen LogP contribution in [-0.4, -0.2) is 32.1 Å². The minimum atomic E-state index is -0.478. The lowest BCUT2D eigenvalue weighted by molar-refractivity contribution is -0.127. The van der Waals surface area contributed by atoms with Crippen LogP contribution in [0.5, 0.6) is 5.75 Å². The van der Waals surface area contributed by atoms with Crippen molar-refractivity contribution in [1.29, 1.82) is 0 Å². The number of benzene rings is 1. The Kier molecular flexibility index (Phi) is 8.16. The van der Waals surface area contributed by atoms with Crippen LogP contribution in [0.2, 0.25) is 0 Å². The predicted molar refractivity (Wildman–Crippen MR) is 75.5 cm³/mol. The molecule has 1 amide bonds. The molecular formula is C13H21ClN2O2. The van der Waals surface area contributed by atoms with Crippen LogP contribution in [0.1, 0.15) is 12.5 Å². The smallest absolute Gasteiger partial charge is 0.260 e. The second kappa shape index (κ2) is 8.78. The molecule has 18 heavy (non-hydrogen) atoms. The van der Waals surface area contributed by atoms with Crippen molar-refractivity contribution in [2.45, 2.75) is 20.0 Å². The third-order valence-electron chi connectivity index (χ3n) is 2.35. The zero-order chi connectivity index (χ0) is 12.7. The van der Waals surface area contributed by atoms with Gasteiger partial charge in [-0.1, -0.05) is 12.1 Å². The van der Waals surface area contributed by atoms with Crippen LogP contribution in [0.25, 0.3) is 0 Å². The van der Waals surface area contributed by atoms with E-state index in [1.807, 2.05) is 38.2 Å². The molecule has 0 aliphatic rings. The molecule has 0 aliphatic heterocycles. The van der Waals surface area contributed by atoms with Crippen LogP contribution < -0.4 is 15.4 Å². The number of amides is 1. The summed E-state index contributed by atoms with van der Waals surface area (Å²) in [6, 6.07) is 7.67. The van der Waals surface area contributed by atoms with Gasteiger partial charge in [0.2, 0.25) is 0 Å². The van der Waals surface area contributed by atoms with Gasteiger partial charge in [-0.3, -0.25) is 4.79 Å². The van der Waals surface area contributed by atoms with Crippen molar-refractivity contribution in [2.75, 3.05) is 20.1 Å². The first kappa shape index (κ1) is 16.7. The van der Waals surface area contributed by atoms with Gasteiger partial charge >= 0.3 is 0 Å². The average Bonchev–Trinajstić information content (AvgIpc) is 2.29. The molecule has 0 fully saturated rings. The fraction of sp³-hybridized carbons (Fsp3) is 0.462. The summed E-state index contributed by atoms with van der Waals surface area (Å²) in [7, 11) is 1.85. The number of halogens is 1. The summed E-state index contributed by atoms with van der Waals surface area (Å²) in [6.45, 7) is 5.10. The largest absolute Gasteiger partial charge is 0.481 e. The normalized spacial score (nSPS) is 11.3. The number of aryl methyl sites for hydroxylation is 1. The van der Waals surface area contributed by atoms with Crippen molar-refractivity contribution >= 4 is 18.3 Å². The highest BCUT2D eigenvalue weighted by Gasteiger charge is 2.13. The molecule has 0 radical (unpaired) electrons. The van der Waals surface area contributed by atoms with Crippen LogP contribution in [0.4, 0.5) is 0 Å². The molecule has 0 bridgehead atoms. The molecule has 0 aromatic heterocycles. The number of nitrogens with one attached hydrogen (secondary N) is 2. The van der Waals surface area contributed by atoms with Crippen molar-refractivity contribution < 1.29 is 9.53 Å². The second-order valence-electron chi connectivity index (χ2n) is 3.97. The zero-order valence-electron chi connectivity index (χ0n) is 11.0. The Balaban J connectivity index is 0.00000289. The first-order valence-electron chi connectivity index (χ1n) is 5.79. The third kappa shape index (κ3) is 5.89. The van der Waals surface area contributed by atoms with Gasteiger partial charge in [0.15, 0.2) is 6.10 Å². The number of ether oxygens (including phenoxy) is 1.